The Hall–Kier alpha value is -1.51. The highest BCUT2D eigenvalue weighted by Gasteiger charge is 2.04. The van der Waals surface area contributed by atoms with Gasteiger partial charge in [0.15, 0.2) is 0 Å². The molecule has 0 aliphatic carbocycles. The molecule has 1 unspecified atom stereocenters. The average molecular weight is 427 g/mol. The first-order valence-electron chi connectivity index (χ1n) is 11.0. The normalized spacial score (nSPS) is 12.8. The average Bonchev–Trinajstić information content (AvgIpc) is 2.74. The van der Waals surface area contributed by atoms with Gasteiger partial charge in [0.1, 0.15) is 0 Å². The van der Waals surface area contributed by atoms with Crippen molar-refractivity contribution in [3.05, 3.63) is 37.0 Å². The summed E-state index contributed by atoms with van der Waals surface area (Å²) in [6, 6.07) is 0. The molecule has 0 aromatic rings. The quantitative estimate of drug-likeness (QED) is 0.126. The first kappa shape index (κ1) is 28.5. The molecule has 7 nitrogen and oxygen atoms in total. The first-order chi connectivity index (χ1) is 14.7. The zero-order valence-electron chi connectivity index (χ0n) is 18.4. The van der Waals surface area contributed by atoms with Crippen LogP contribution in [0.1, 0.15) is 38.5 Å². The van der Waals surface area contributed by atoms with Crippen LogP contribution in [0.25, 0.3) is 0 Å². The predicted molar refractivity (Wildman–Crippen MR) is 121 cm³/mol. The molecule has 0 aromatic carbocycles. The number of ether oxygens (including phenoxy) is 1. The number of esters is 1. The first-order valence-corrected chi connectivity index (χ1v) is 11.0. The van der Waals surface area contributed by atoms with Gasteiger partial charge < -0.3 is 25.4 Å². The van der Waals surface area contributed by atoms with Gasteiger partial charge in [0.25, 0.3) is 0 Å². The Labute approximate surface area is 182 Å². The van der Waals surface area contributed by atoms with E-state index in [9.17, 15) is 4.79 Å². The van der Waals surface area contributed by atoms with Crippen LogP contribution in [0.15, 0.2) is 37.0 Å². The summed E-state index contributed by atoms with van der Waals surface area (Å²) in [6.07, 6.45) is 14.6. The third-order valence-electron chi connectivity index (χ3n) is 4.63. The van der Waals surface area contributed by atoms with Crippen LogP contribution < -0.4 is 5.32 Å². The van der Waals surface area contributed by atoms with E-state index in [2.05, 4.69) is 18.0 Å². The molecule has 0 amide bonds. The number of hydrogen-bond donors (Lipinski definition) is 4. The van der Waals surface area contributed by atoms with Crippen LogP contribution in [-0.4, -0.2) is 85.3 Å². The van der Waals surface area contributed by atoms with Gasteiger partial charge in [-0.2, -0.15) is 0 Å². The summed E-state index contributed by atoms with van der Waals surface area (Å²) in [6.45, 7) is 7.83. The Morgan fingerprint density at radius 2 is 1.73 bits per heavy atom. The van der Waals surface area contributed by atoms with Crippen molar-refractivity contribution in [2.24, 2.45) is 5.92 Å². The molecular formula is C23H42N2O5. The third kappa shape index (κ3) is 18.5. The molecule has 7 heteroatoms. The Bertz CT molecular complexity index is 463. The van der Waals surface area contributed by atoms with Crippen LogP contribution in [0.2, 0.25) is 0 Å². The van der Waals surface area contributed by atoms with E-state index in [0.29, 0.717) is 45.0 Å². The van der Waals surface area contributed by atoms with E-state index in [4.69, 9.17) is 20.1 Å². The van der Waals surface area contributed by atoms with Gasteiger partial charge >= 0.3 is 5.97 Å². The van der Waals surface area contributed by atoms with Crippen molar-refractivity contribution in [2.75, 3.05) is 59.2 Å². The van der Waals surface area contributed by atoms with Gasteiger partial charge in [-0.1, -0.05) is 30.4 Å². The van der Waals surface area contributed by atoms with Crippen molar-refractivity contribution < 1.29 is 24.9 Å². The van der Waals surface area contributed by atoms with Crippen LogP contribution in [0, 0.1) is 5.92 Å². The number of rotatable bonds is 21. The van der Waals surface area contributed by atoms with E-state index in [0.717, 1.165) is 38.8 Å². The molecule has 0 saturated heterocycles. The Balaban J connectivity index is 3.65. The van der Waals surface area contributed by atoms with Crippen molar-refractivity contribution in [3.63, 3.8) is 0 Å². The highest BCUT2D eigenvalue weighted by atomic mass is 16.5. The standard InChI is InChI=1S/C23H42N2O5/c1-2-22(10-5-3-7-18-26)11-6-4-8-21-30-23(29)12-14-24-13-9-15-25(16-19-27)17-20-28/h2-4,6-7,22,24,26-28H,1,5,8-21H2/b6-4-,7-3+. The summed E-state index contributed by atoms with van der Waals surface area (Å²) in [7, 11) is 0. The minimum atomic E-state index is -0.197. The molecule has 0 radical (unpaired) electrons. The van der Waals surface area contributed by atoms with Gasteiger partial charge in [-0.05, 0) is 51.1 Å². The molecule has 0 aliphatic rings. The molecule has 0 heterocycles. The summed E-state index contributed by atoms with van der Waals surface area (Å²) in [5, 5.41) is 29.8. The second kappa shape index (κ2) is 22.2. The monoisotopic (exact) mass is 426 g/mol. The third-order valence-corrected chi connectivity index (χ3v) is 4.63. The fourth-order valence-electron chi connectivity index (χ4n) is 2.90. The van der Waals surface area contributed by atoms with Gasteiger partial charge in [-0.3, -0.25) is 9.69 Å². The minimum Gasteiger partial charge on any atom is -0.465 e. The van der Waals surface area contributed by atoms with Crippen LogP contribution >= 0.6 is 0 Å². The largest absolute Gasteiger partial charge is 0.465 e. The topological polar surface area (TPSA) is 102 Å². The minimum absolute atomic E-state index is 0.0863. The van der Waals surface area contributed by atoms with Crippen molar-refractivity contribution >= 4 is 5.97 Å². The van der Waals surface area contributed by atoms with Gasteiger partial charge in [-0.15, -0.1) is 6.58 Å². The molecule has 0 bridgehead atoms. The van der Waals surface area contributed by atoms with Crippen molar-refractivity contribution in [1.82, 2.24) is 10.2 Å². The predicted octanol–water partition coefficient (Wildman–Crippen LogP) is 1.65. The number of allylic oxidation sites excluding steroid dienone is 3. The number of carbonyl (C=O) groups is 1. The van der Waals surface area contributed by atoms with Crippen molar-refractivity contribution in [2.45, 2.75) is 38.5 Å². The molecule has 4 N–H and O–H groups in total. The Kier molecular flexibility index (Phi) is 21.1. The van der Waals surface area contributed by atoms with E-state index in [1.165, 1.54) is 0 Å². The summed E-state index contributed by atoms with van der Waals surface area (Å²) in [5.41, 5.74) is 0. The maximum atomic E-state index is 11.7. The molecule has 30 heavy (non-hydrogen) atoms. The molecule has 174 valence electrons. The van der Waals surface area contributed by atoms with E-state index in [1.54, 1.807) is 6.08 Å². The lowest BCUT2D eigenvalue weighted by molar-refractivity contribution is -0.143. The van der Waals surface area contributed by atoms with Gasteiger partial charge in [0, 0.05) is 19.6 Å². The lowest BCUT2D eigenvalue weighted by Crippen LogP contribution is -2.32. The van der Waals surface area contributed by atoms with Gasteiger partial charge in [0.2, 0.25) is 0 Å². The van der Waals surface area contributed by atoms with E-state index in [-0.39, 0.29) is 25.8 Å². The van der Waals surface area contributed by atoms with Crippen LogP contribution in [0.5, 0.6) is 0 Å². The van der Waals surface area contributed by atoms with Crippen molar-refractivity contribution in [1.29, 1.82) is 0 Å². The Morgan fingerprint density at radius 1 is 1.00 bits per heavy atom. The van der Waals surface area contributed by atoms with Gasteiger partial charge in [-0.25, -0.2) is 0 Å². The summed E-state index contributed by atoms with van der Waals surface area (Å²) in [4.78, 5) is 13.7. The fourth-order valence-corrected chi connectivity index (χ4v) is 2.90. The number of carbonyl (C=O) groups excluding carboxylic acids is 1. The summed E-state index contributed by atoms with van der Waals surface area (Å²) < 4.78 is 5.23. The lowest BCUT2D eigenvalue weighted by Gasteiger charge is -2.19. The molecular weight excluding hydrogens is 384 g/mol. The number of hydrogen-bond acceptors (Lipinski definition) is 7. The molecule has 0 aromatic heterocycles. The number of nitrogens with one attached hydrogen (secondary N) is 1. The van der Waals surface area contributed by atoms with Crippen molar-refractivity contribution in [3.8, 4) is 0 Å². The van der Waals surface area contributed by atoms with E-state index >= 15 is 0 Å². The smallest absolute Gasteiger partial charge is 0.307 e. The van der Waals surface area contributed by atoms with Crippen LogP contribution in [-0.2, 0) is 9.53 Å². The van der Waals surface area contributed by atoms with Crippen LogP contribution in [0.3, 0.4) is 0 Å². The fraction of sp³-hybridized carbons (Fsp3) is 0.696. The number of aliphatic hydroxyl groups is 3. The maximum absolute atomic E-state index is 11.7. The molecule has 0 aliphatic heterocycles. The second-order valence-corrected chi connectivity index (χ2v) is 7.09. The molecule has 1 atom stereocenters. The SMILES string of the molecule is C=CC(C/C=C\CCOC(=O)CCNCCCN(CCO)CCO)CC/C=C/CO. The number of nitrogens with zero attached hydrogens (tertiary/aromatic N) is 1. The molecule has 0 spiro atoms. The zero-order valence-corrected chi connectivity index (χ0v) is 18.4. The summed E-state index contributed by atoms with van der Waals surface area (Å²) >= 11 is 0. The van der Waals surface area contributed by atoms with Crippen LogP contribution in [0.4, 0.5) is 0 Å². The lowest BCUT2D eigenvalue weighted by atomic mass is 9.99. The van der Waals surface area contributed by atoms with E-state index < -0.39 is 0 Å². The van der Waals surface area contributed by atoms with Gasteiger partial charge in [0.05, 0.1) is 32.8 Å². The number of aliphatic hydroxyl groups excluding tert-OH is 3. The summed E-state index contributed by atoms with van der Waals surface area (Å²) in [5.74, 6) is 0.218. The highest BCUT2D eigenvalue weighted by Crippen LogP contribution is 2.13. The maximum Gasteiger partial charge on any atom is 0.307 e. The zero-order chi connectivity index (χ0) is 22.3. The Morgan fingerprint density at radius 3 is 2.40 bits per heavy atom. The second-order valence-electron chi connectivity index (χ2n) is 7.09. The molecule has 0 rings (SSSR count). The molecule has 0 fully saturated rings. The molecule has 0 saturated carbocycles. The highest BCUT2D eigenvalue weighted by molar-refractivity contribution is 5.69. The van der Waals surface area contributed by atoms with E-state index in [1.807, 2.05) is 23.1 Å².